The van der Waals surface area contributed by atoms with Gasteiger partial charge in [-0.25, -0.2) is 0 Å². The lowest BCUT2D eigenvalue weighted by Crippen LogP contribution is -2.32. The van der Waals surface area contributed by atoms with Crippen molar-refractivity contribution in [3.63, 3.8) is 0 Å². The van der Waals surface area contributed by atoms with Crippen LogP contribution in [0.15, 0.2) is 75.9 Å². The van der Waals surface area contributed by atoms with Crippen molar-refractivity contribution in [2.24, 2.45) is 0 Å². The maximum absolute atomic E-state index is 13.3. The van der Waals surface area contributed by atoms with Gasteiger partial charge in [0, 0.05) is 10.6 Å². The second kappa shape index (κ2) is 9.25. The van der Waals surface area contributed by atoms with E-state index in [0.29, 0.717) is 16.3 Å². The molecule has 4 rings (SSSR count). The predicted molar refractivity (Wildman–Crippen MR) is 128 cm³/mol. The first kappa shape index (κ1) is 22.2. The summed E-state index contributed by atoms with van der Waals surface area (Å²) in [5, 5.41) is 3.69. The highest BCUT2D eigenvalue weighted by atomic mass is 35.5. The van der Waals surface area contributed by atoms with Gasteiger partial charge in [0.15, 0.2) is 17.4 Å². The van der Waals surface area contributed by atoms with E-state index in [0.717, 1.165) is 0 Å². The van der Waals surface area contributed by atoms with E-state index < -0.39 is 17.4 Å². The first-order valence-corrected chi connectivity index (χ1v) is 10.7. The molecular formula is C24H16Cl3NO4. The lowest BCUT2D eigenvalue weighted by molar-refractivity contribution is -0.122. The van der Waals surface area contributed by atoms with Gasteiger partial charge >= 0.3 is 0 Å². The number of rotatable bonds is 5. The quantitative estimate of drug-likeness (QED) is 0.334. The standard InChI is InChI=1S/C24H16Cl3NO4/c1-13(24(30)28-19-10-6-5-9-17(19)26)31-23-20(29)16-11-15(25)12-18(27)22(16)32-21(23)14-7-3-2-4-8-14/h2-13H,1H3,(H,28,30). The maximum Gasteiger partial charge on any atom is 0.265 e. The third-order valence-electron chi connectivity index (χ3n) is 4.70. The fourth-order valence-electron chi connectivity index (χ4n) is 3.12. The molecule has 0 fully saturated rings. The Balaban J connectivity index is 1.78. The minimum atomic E-state index is -1.04. The van der Waals surface area contributed by atoms with Crippen LogP contribution in [0.1, 0.15) is 6.92 Å². The van der Waals surface area contributed by atoms with Gasteiger partial charge in [0.25, 0.3) is 5.91 Å². The van der Waals surface area contributed by atoms with Crippen LogP contribution in [0.3, 0.4) is 0 Å². The summed E-state index contributed by atoms with van der Waals surface area (Å²) < 4.78 is 11.8. The van der Waals surface area contributed by atoms with E-state index in [-0.39, 0.29) is 32.5 Å². The molecule has 1 atom stereocenters. The molecule has 162 valence electrons. The minimum Gasteiger partial charge on any atom is -0.473 e. The second-order valence-electron chi connectivity index (χ2n) is 6.95. The van der Waals surface area contributed by atoms with Gasteiger partial charge in [0.2, 0.25) is 11.2 Å². The second-order valence-corrected chi connectivity index (χ2v) is 8.20. The van der Waals surface area contributed by atoms with E-state index in [4.69, 9.17) is 44.0 Å². The molecule has 0 radical (unpaired) electrons. The summed E-state index contributed by atoms with van der Waals surface area (Å²) in [6, 6.07) is 18.7. The summed E-state index contributed by atoms with van der Waals surface area (Å²) in [6.07, 6.45) is -1.04. The van der Waals surface area contributed by atoms with Crippen LogP contribution in [0.4, 0.5) is 5.69 Å². The fraction of sp³-hybridized carbons (Fsp3) is 0.0833. The number of hydrogen-bond donors (Lipinski definition) is 1. The Morgan fingerprint density at radius 3 is 2.38 bits per heavy atom. The number of amides is 1. The molecule has 1 N–H and O–H groups in total. The first-order valence-electron chi connectivity index (χ1n) is 9.58. The van der Waals surface area contributed by atoms with E-state index in [1.165, 1.54) is 19.1 Å². The molecule has 0 aliphatic carbocycles. The molecule has 8 heteroatoms. The Hall–Kier alpha value is -2.99. The van der Waals surface area contributed by atoms with Crippen molar-refractivity contribution >= 4 is 57.4 Å². The zero-order valence-electron chi connectivity index (χ0n) is 16.7. The first-order chi connectivity index (χ1) is 15.3. The summed E-state index contributed by atoms with van der Waals surface area (Å²) in [4.78, 5) is 26.1. The summed E-state index contributed by atoms with van der Waals surface area (Å²) in [5.74, 6) is -0.450. The van der Waals surface area contributed by atoms with Crippen LogP contribution in [0.25, 0.3) is 22.3 Å². The van der Waals surface area contributed by atoms with Gasteiger partial charge in [-0.05, 0) is 31.2 Å². The number of nitrogens with one attached hydrogen (secondary N) is 1. The van der Waals surface area contributed by atoms with Crippen LogP contribution < -0.4 is 15.5 Å². The van der Waals surface area contributed by atoms with Gasteiger partial charge in [-0.3, -0.25) is 9.59 Å². The van der Waals surface area contributed by atoms with Crippen molar-refractivity contribution in [3.05, 3.63) is 92.0 Å². The van der Waals surface area contributed by atoms with Crippen LogP contribution in [-0.2, 0) is 4.79 Å². The molecule has 1 heterocycles. The van der Waals surface area contributed by atoms with Crippen molar-refractivity contribution in [1.82, 2.24) is 0 Å². The Morgan fingerprint density at radius 1 is 0.969 bits per heavy atom. The Labute approximate surface area is 198 Å². The minimum absolute atomic E-state index is 0.121. The van der Waals surface area contributed by atoms with E-state index in [1.807, 2.05) is 6.07 Å². The number of fused-ring (bicyclic) bond motifs is 1. The number of ether oxygens (including phenoxy) is 1. The number of carbonyl (C=O) groups is 1. The molecule has 1 aromatic heterocycles. The summed E-state index contributed by atoms with van der Waals surface area (Å²) in [7, 11) is 0. The van der Waals surface area contributed by atoms with Crippen molar-refractivity contribution in [3.8, 4) is 17.1 Å². The zero-order valence-corrected chi connectivity index (χ0v) is 19.0. The Kier molecular flexibility index (Phi) is 6.42. The highest BCUT2D eigenvalue weighted by Gasteiger charge is 2.24. The van der Waals surface area contributed by atoms with E-state index in [1.54, 1.807) is 48.5 Å². The van der Waals surface area contributed by atoms with Crippen molar-refractivity contribution in [2.75, 3.05) is 5.32 Å². The lowest BCUT2D eigenvalue weighted by atomic mass is 10.1. The monoisotopic (exact) mass is 487 g/mol. The molecule has 0 aliphatic heterocycles. The van der Waals surface area contributed by atoms with E-state index in [2.05, 4.69) is 5.32 Å². The van der Waals surface area contributed by atoms with Crippen LogP contribution in [0, 0.1) is 0 Å². The molecule has 0 aliphatic rings. The molecule has 32 heavy (non-hydrogen) atoms. The normalized spacial score (nSPS) is 11.9. The number of halogens is 3. The average Bonchev–Trinajstić information content (AvgIpc) is 2.78. The summed E-state index contributed by atoms with van der Waals surface area (Å²) >= 11 is 18.5. The largest absolute Gasteiger partial charge is 0.473 e. The van der Waals surface area contributed by atoms with Crippen molar-refractivity contribution in [2.45, 2.75) is 13.0 Å². The van der Waals surface area contributed by atoms with Gasteiger partial charge in [0.1, 0.15) is 0 Å². The smallest absolute Gasteiger partial charge is 0.265 e. The summed E-state index contributed by atoms with van der Waals surface area (Å²) in [5.41, 5.74) is 0.709. The molecule has 1 amide bonds. The molecule has 0 spiro atoms. The van der Waals surface area contributed by atoms with Gasteiger partial charge in [-0.1, -0.05) is 77.3 Å². The molecule has 3 aromatic carbocycles. The Morgan fingerprint density at radius 2 is 1.66 bits per heavy atom. The highest BCUT2D eigenvalue weighted by molar-refractivity contribution is 6.38. The number of carbonyl (C=O) groups excluding carboxylic acids is 1. The maximum atomic E-state index is 13.3. The van der Waals surface area contributed by atoms with Crippen LogP contribution in [0.5, 0.6) is 5.75 Å². The van der Waals surface area contributed by atoms with Crippen molar-refractivity contribution in [1.29, 1.82) is 0 Å². The van der Waals surface area contributed by atoms with Crippen molar-refractivity contribution < 1.29 is 13.9 Å². The van der Waals surface area contributed by atoms with Gasteiger partial charge in [-0.2, -0.15) is 0 Å². The predicted octanol–water partition coefficient (Wildman–Crippen LogP) is 6.83. The van der Waals surface area contributed by atoms with Gasteiger partial charge in [0.05, 0.1) is 21.1 Å². The van der Waals surface area contributed by atoms with E-state index >= 15 is 0 Å². The topological polar surface area (TPSA) is 68.5 Å². The number of benzene rings is 3. The van der Waals surface area contributed by atoms with Crippen LogP contribution in [0.2, 0.25) is 15.1 Å². The number of anilines is 1. The third-order valence-corrected chi connectivity index (χ3v) is 5.53. The Bertz CT molecular complexity index is 1370. The van der Waals surface area contributed by atoms with Gasteiger partial charge < -0.3 is 14.5 Å². The average molecular weight is 489 g/mol. The molecule has 0 saturated heterocycles. The molecule has 0 bridgehead atoms. The molecule has 1 unspecified atom stereocenters. The summed E-state index contributed by atoms with van der Waals surface area (Å²) in [6.45, 7) is 1.52. The zero-order chi connectivity index (χ0) is 22.8. The van der Waals surface area contributed by atoms with Crippen LogP contribution in [-0.4, -0.2) is 12.0 Å². The lowest BCUT2D eigenvalue weighted by Gasteiger charge is -2.17. The SMILES string of the molecule is CC(Oc1c(-c2ccccc2)oc2c(Cl)cc(Cl)cc2c1=O)C(=O)Nc1ccccc1Cl. The highest BCUT2D eigenvalue weighted by Crippen LogP contribution is 2.35. The number of para-hydroxylation sites is 1. The fourth-order valence-corrected chi connectivity index (χ4v) is 3.84. The molecule has 5 nitrogen and oxygen atoms in total. The van der Waals surface area contributed by atoms with Crippen LogP contribution >= 0.6 is 34.8 Å². The third kappa shape index (κ3) is 4.46. The molecule has 0 saturated carbocycles. The molecular weight excluding hydrogens is 473 g/mol. The van der Waals surface area contributed by atoms with E-state index in [9.17, 15) is 9.59 Å². The van der Waals surface area contributed by atoms with Gasteiger partial charge in [-0.15, -0.1) is 0 Å². The molecule has 4 aromatic rings. The number of hydrogen-bond acceptors (Lipinski definition) is 4.